The minimum absolute atomic E-state index is 0.00130. The van der Waals surface area contributed by atoms with Crippen LogP contribution in [-0.2, 0) is 0 Å². The van der Waals surface area contributed by atoms with Gasteiger partial charge in [0, 0.05) is 12.1 Å². The number of non-ortho nitro benzene ring substituents is 1. The highest BCUT2D eigenvalue weighted by Crippen LogP contribution is 2.27. The number of methoxy groups -OCH3 is 1. The van der Waals surface area contributed by atoms with Crippen LogP contribution in [0.5, 0.6) is 5.75 Å². The first-order valence-corrected chi connectivity index (χ1v) is 8.67. The summed E-state index contributed by atoms with van der Waals surface area (Å²) in [5.41, 5.74) is 1.10. The summed E-state index contributed by atoms with van der Waals surface area (Å²) in [5, 5.41) is 15.0. The summed E-state index contributed by atoms with van der Waals surface area (Å²) in [6.45, 7) is 0. The molecule has 8 nitrogen and oxygen atoms in total. The Hall–Kier alpha value is -3.59. The number of thiazole rings is 1. The second-order valence-electron chi connectivity index (χ2n) is 5.59. The zero-order valence-corrected chi connectivity index (χ0v) is 14.8. The molecule has 0 saturated carbocycles. The van der Waals surface area contributed by atoms with Gasteiger partial charge in [0.2, 0.25) is 4.96 Å². The Kier molecular flexibility index (Phi) is 4.13. The number of nitrogens with zero attached hydrogens (tertiary/aromatic N) is 4. The van der Waals surface area contributed by atoms with Crippen LogP contribution in [-0.4, -0.2) is 26.6 Å². The van der Waals surface area contributed by atoms with Crippen molar-refractivity contribution in [3.63, 3.8) is 0 Å². The number of hydrogen-bond donors (Lipinski definition) is 0. The number of para-hydroxylation sites is 1. The van der Waals surface area contributed by atoms with Gasteiger partial charge >= 0.3 is 0 Å². The second kappa shape index (κ2) is 6.61. The van der Waals surface area contributed by atoms with Crippen LogP contribution in [0.25, 0.3) is 22.4 Å². The average Bonchev–Trinajstić information content (AvgIpc) is 3.22. The molecule has 0 radical (unpaired) electrons. The molecule has 0 N–H and O–H groups in total. The topological polar surface area (TPSA) is 99.6 Å². The lowest BCUT2D eigenvalue weighted by Gasteiger charge is -2.03. The van der Waals surface area contributed by atoms with Crippen molar-refractivity contribution in [3.05, 3.63) is 79.1 Å². The van der Waals surface area contributed by atoms with Crippen molar-refractivity contribution >= 4 is 28.1 Å². The molecule has 0 atom stereocenters. The number of hydrogen-bond acceptors (Lipinski definition) is 7. The minimum Gasteiger partial charge on any atom is -0.496 e. The fraction of sp³-hybridized carbons (Fsp3) is 0.0556. The monoisotopic (exact) mass is 380 g/mol. The summed E-state index contributed by atoms with van der Waals surface area (Å²) in [5.74, 6) is 1.04. The molecule has 0 aliphatic heterocycles. The van der Waals surface area contributed by atoms with Crippen molar-refractivity contribution in [2.24, 2.45) is 0 Å². The summed E-state index contributed by atoms with van der Waals surface area (Å²) >= 11 is 1.20. The van der Waals surface area contributed by atoms with Gasteiger partial charge in [0.25, 0.3) is 11.2 Å². The van der Waals surface area contributed by atoms with Crippen LogP contribution in [0.3, 0.4) is 0 Å². The van der Waals surface area contributed by atoms with Gasteiger partial charge < -0.3 is 4.74 Å². The first-order valence-electron chi connectivity index (χ1n) is 7.86. The maximum absolute atomic E-state index is 12.6. The molecule has 2 aromatic carbocycles. The highest BCUT2D eigenvalue weighted by atomic mass is 32.1. The lowest BCUT2D eigenvalue weighted by Crippen LogP contribution is -2.23. The van der Waals surface area contributed by atoms with Crippen molar-refractivity contribution in [1.29, 1.82) is 0 Å². The number of rotatable bonds is 4. The van der Waals surface area contributed by atoms with Crippen LogP contribution in [0.1, 0.15) is 5.56 Å². The Morgan fingerprint density at radius 2 is 1.93 bits per heavy atom. The van der Waals surface area contributed by atoms with Crippen LogP contribution in [0, 0.1) is 10.1 Å². The minimum atomic E-state index is -0.467. The highest BCUT2D eigenvalue weighted by Gasteiger charge is 2.15. The standard InChI is InChI=1S/C18H12N4O4S/c1-26-14-5-3-2-4-13(14)16-19-18-21(20-16)17(23)15(27-18)10-11-6-8-12(9-7-11)22(24)25/h2-10H,1H3. The summed E-state index contributed by atoms with van der Waals surface area (Å²) < 4.78 is 7.02. The third-order valence-electron chi connectivity index (χ3n) is 3.93. The number of nitro benzene ring substituents is 1. The fourth-order valence-corrected chi connectivity index (χ4v) is 3.53. The highest BCUT2D eigenvalue weighted by molar-refractivity contribution is 7.15. The molecule has 0 aliphatic rings. The van der Waals surface area contributed by atoms with E-state index in [0.29, 0.717) is 32.2 Å². The second-order valence-corrected chi connectivity index (χ2v) is 6.60. The Labute approximate surface area is 156 Å². The zero-order valence-electron chi connectivity index (χ0n) is 14.0. The van der Waals surface area contributed by atoms with Crippen LogP contribution < -0.4 is 14.8 Å². The van der Waals surface area contributed by atoms with Gasteiger partial charge in [-0.3, -0.25) is 14.9 Å². The lowest BCUT2D eigenvalue weighted by molar-refractivity contribution is -0.384. The summed E-state index contributed by atoms with van der Waals surface area (Å²) in [6, 6.07) is 13.3. The van der Waals surface area contributed by atoms with Gasteiger partial charge in [-0.1, -0.05) is 23.5 Å². The first-order chi connectivity index (χ1) is 13.1. The van der Waals surface area contributed by atoms with Gasteiger partial charge in [-0.05, 0) is 35.9 Å². The normalized spacial score (nSPS) is 11.8. The predicted molar refractivity (Wildman–Crippen MR) is 101 cm³/mol. The first kappa shape index (κ1) is 16.9. The Balaban J connectivity index is 1.77. The van der Waals surface area contributed by atoms with Gasteiger partial charge in [0.1, 0.15) is 5.75 Å². The Bertz CT molecular complexity index is 1260. The fourth-order valence-electron chi connectivity index (χ4n) is 2.62. The van der Waals surface area contributed by atoms with E-state index in [4.69, 9.17) is 4.74 Å². The van der Waals surface area contributed by atoms with E-state index in [2.05, 4.69) is 10.1 Å². The van der Waals surface area contributed by atoms with E-state index < -0.39 is 4.92 Å². The van der Waals surface area contributed by atoms with Crippen molar-refractivity contribution in [3.8, 4) is 17.1 Å². The molecule has 2 heterocycles. The van der Waals surface area contributed by atoms with Crippen LogP contribution in [0.4, 0.5) is 5.69 Å². The van der Waals surface area contributed by atoms with E-state index in [0.717, 1.165) is 0 Å². The van der Waals surface area contributed by atoms with E-state index in [-0.39, 0.29) is 11.2 Å². The predicted octanol–water partition coefficient (Wildman–Crippen LogP) is 2.28. The van der Waals surface area contributed by atoms with Crippen LogP contribution >= 0.6 is 11.3 Å². The summed E-state index contributed by atoms with van der Waals surface area (Å²) in [4.78, 5) is 27.8. The van der Waals surface area contributed by atoms with Crippen LogP contribution in [0.2, 0.25) is 0 Å². The van der Waals surface area contributed by atoms with E-state index in [1.54, 1.807) is 31.4 Å². The molecule has 9 heteroatoms. The molecule has 0 fully saturated rings. The molecule has 2 aromatic heterocycles. The Morgan fingerprint density at radius 3 is 2.59 bits per heavy atom. The smallest absolute Gasteiger partial charge is 0.291 e. The molecule has 4 rings (SSSR count). The molecule has 27 heavy (non-hydrogen) atoms. The third kappa shape index (κ3) is 3.04. The molecule has 0 aliphatic carbocycles. The number of aromatic nitrogens is 3. The maximum Gasteiger partial charge on any atom is 0.291 e. The van der Waals surface area contributed by atoms with Crippen molar-refractivity contribution in [1.82, 2.24) is 14.6 Å². The average molecular weight is 380 g/mol. The van der Waals surface area contributed by atoms with E-state index in [9.17, 15) is 14.9 Å². The van der Waals surface area contributed by atoms with E-state index in [1.165, 1.54) is 28.0 Å². The van der Waals surface area contributed by atoms with Gasteiger partial charge in [-0.2, -0.15) is 9.50 Å². The molecule has 0 spiro atoms. The molecule has 0 amide bonds. The van der Waals surface area contributed by atoms with E-state index >= 15 is 0 Å². The summed E-state index contributed by atoms with van der Waals surface area (Å²) in [6.07, 6.45) is 1.66. The van der Waals surface area contributed by atoms with Gasteiger partial charge in [-0.15, -0.1) is 5.10 Å². The molecular weight excluding hydrogens is 368 g/mol. The quantitative estimate of drug-likeness (QED) is 0.398. The van der Waals surface area contributed by atoms with Gasteiger partial charge in [-0.25, -0.2) is 0 Å². The van der Waals surface area contributed by atoms with Gasteiger partial charge in [0.15, 0.2) is 5.82 Å². The van der Waals surface area contributed by atoms with Crippen molar-refractivity contribution < 1.29 is 9.66 Å². The molecule has 134 valence electrons. The SMILES string of the molecule is COc1ccccc1-c1nc2sc(=Cc3ccc([N+](=O)[O-])cc3)c(=O)n2n1. The molecular formula is C18H12N4O4S. The number of fused-ring (bicyclic) bond motifs is 1. The largest absolute Gasteiger partial charge is 0.496 e. The summed E-state index contributed by atoms with van der Waals surface area (Å²) in [7, 11) is 1.56. The zero-order chi connectivity index (χ0) is 19.0. The molecule has 4 aromatic rings. The van der Waals surface area contributed by atoms with Crippen molar-refractivity contribution in [2.75, 3.05) is 7.11 Å². The lowest BCUT2D eigenvalue weighted by atomic mass is 10.2. The van der Waals surface area contributed by atoms with E-state index in [1.807, 2.05) is 18.2 Å². The van der Waals surface area contributed by atoms with Crippen LogP contribution in [0.15, 0.2) is 53.3 Å². The molecule has 0 bridgehead atoms. The third-order valence-corrected chi connectivity index (χ3v) is 4.89. The number of ether oxygens (including phenoxy) is 1. The molecule has 0 saturated heterocycles. The Morgan fingerprint density at radius 1 is 1.19 bits per heavy atom. The molecule has 0 unspecified atom stereocenters. The number of benzene rings is 2. The maximum atomic E-state index is 12.6. The number of nitro groups is 1. The van der Waals surface area contributed by atoms with Gasteiger partial charge in [0.05, 0.1) is 22.1 Å². The van der Waals surface area contributed by atoms with Crippen molar-refractivity contribution in [2.45, 2.75) is 0 Å².